The maximum Gasteiger partial charge on any atom is 0.338 e. The van der Waals surface area contributed by atoms with E-state index in [-0.39, 0.29) is 11.7 Å². The molecule has 1 atom stereocenters. The molecule has 1 aliphatic heterocycles. The largest absolute Gasteiger partial charge is 0.493 e. The van der Waals surface area contributed by atoms with Crippen molar-refractivity contribution in [3.8, 4) is 11.5 Å². The van der Waals surface area contributed by atoms with Crippen molar-refractivity contribution in [1.29, 1.82) is 0 Å². The molecule has 1 aromatic rings. The van der Waals surface area contributed by atoms with Gasteiger partial charge in [-0.2, -0.15) is 0 Å². The van der Waals surface area contributed by atoms with Crippen molar-refractivity contribution in [1.82, 2.24) is 10.6 Å². The number of nitrogens with zero attached hydrogens (tertiary/aromatic N) is 1. The molecule has 140 valence electrons. The van der Waals surface area contributed by atoms with E-state index < -0.39 is 12.0 Å². The summed E-state index contributed by atoms with van der Waals surface area (Å²) in [5.74, 6) is 1.01. The molecule has 1 aliphatic rings. The van der Waals surface area contributed by atoms with Crippen LogP contribution in [-0.4, -0.2) is 37.9 Å². The Morgan fingerprint density at radius 3 is 2.62 bits per heavy atom. The maximum atomic E-state index is 12.5. The summed E-state index contributed by atoms with van der Waals surface area (Å²) in [7, 11) is 3.10. The molecule has 8 nitrogen and oxygen atoms in total. The summed E-state index contributed by atoms with van der Waals surface area (Å²) in [6.07, 6.45) is 0. The Bertz CT molecular complexity index is 776. The van der Waals surface area contributed by atoms with Gasteiger partial charge in [0.25, 0.3) is 0 Å². The molecule has 0 fully saturated rings. The van der Waals surface area contributed by atoms with Gasteiger partial charge in [-0.1, -0.05) is 6.07 Å². The molecule has 2 rings (SSSR count). The lowest BCUT2D eigenvalue weighted by molar-refractivity contribution is -0.138. The normalized spacial score (nSPS) is 16.3. The summed E-state index contributed by atoms with van der Waals surface area (Å²) in [6, 6.07) is 4.71. The zero-order chi connectivity index (χ0) is 19.3. The molecule has 1 aromatic carbocycles. The van der Waals surface area contributed by atoms with Crippen LogP contribution in [0.5, 0.6) is 11.5 Å². The van der Waals surface area contributed by atoms with E-state index in [9.17, 15) is 4.79 Å². The van der Waals surface area contributed by atoms with Gasteiger partial charge in [0.15, 0.2) is 16.6 Å². The van der Waals surface area contributed by atoms with Crippen LogP contribution >= 0.6 is 12.2 Å². The van der Waals surface area contributed by atoms with Gasteiger partial charge in [0.05, 0.1) is 26.4 Å². The number of thiocarbonyl (C=S) groups is 1. The van der Waals surface area contributed by atoms with Crippen molar-refractivity contribution in [3.63, 3.8) is 0 Å². The fraction of sp³-hybridized carbons (Fsp3) is 0.353. The van der Waals surface area contributed by atoms with Crippen LogP contribution in [0.4, 0.5) is 0 Å². The Morgan fingerprint density at radius 2 is 2.04 bits per heavy atom. The number of esters is 1. The number of benzene rings is 1. The van der Waals surface area contributed by atoms with Crippen molar-refractivity contribution in [2.75, 3.05) is 20.8 Å². The van der Waals surface area contributed by atoms with Gasteiger partial charge in [-0.05, 0) is 43.8 Å². The Labute approximate surface area is 157 Å². The first-order valence-corrected chi connectivity index (χ1v) is 8.33. The van der Waals surface area contributed by atoms with E-state index in [1.165, 1.54) is 0 Å². The summed E-state index contributed by atoms with van der Waals surface area (Å²) in [5, 5.41) is 5.81. The van der Waals surface area contributed by atoms with E-state index in [1.54, 1.807) is 40.2 Å². The highest BCUT2D eigenvalue weighted by Gasteiger charge is 2.31. The van der Waals surface area contributed by atoms with Crippen LogP contribution < -0.4 is 25.8 Å². The fourth-order valence-corrected chi connectivity index (χ4v) is 2.69. The predicted octanol–water partition coefficient (Wildman–Crippen LogP) is 1.37. The van der Waals surface area contributed by atoms with E-state index in [2.05, 4.69) is 15.6 Å². The number of carbonyl (C=O) groups excluding carboxylic acids is 1. The Morgan fingerprint density at radius 1 is 1.35 bits per heavy atom. The molecule has 1 unspecified atom stereocenters. The average Bonchev–Trinajstić information content (AvgIpc) is 2.60. The van der Waals surface area contributed by atoms with Crippen LogP contribution in [-0.2, 0) is 9.53 Å². The van der Waals surface area contributed by atoms with Crippen molar-refractivity contribution >= 4 is 29.3 Å². The molecule has 26 heavy (non-hydrogen) atoms. The minimum absolute atomic E-state index is 0.0645. The highest BCUT2D eigenvalue weighted by atomic mass is 32.1. The van der Waals surface area contributed by atoms with Crippen molar-refractivity contribution in [3.05, 3.63) is 35.0 Å². The standard InChI is InChI=1S/C17H22N4O4S/c1-5-25-15(22)13-9(2)19-17(21-16(18)26)20-14(13)10-6-7-11(23-3)12(8-10)24-4/h6-8,14H,5H2,1-4H3,(H4,18,19,20,21,26). The van der Waals surface area contributed by atoms with Crippen molar-refractivity contribution < 1.29 is 19.0 Å². The third-order valence-electron chi connectivity index (χ3n) is 3.70. The lowest BCUT2D eigenvalue weighted by atomic mass is 9.96. The van der Waals surface area contributed by atoms with E-state index in [1.807, 2.05) is 6.07 Å². The van der Waals surface area contributed by atoms with E-state index >= 15 is 0 Å². The number of methoxy groups -OCH3 is 2. The molecular weight excluding hydrogens is 356 g/mol. The zero-order valence-electron chi connectivity index (χ0n) is 15.1. The highest BCUT2D eigenvalue weighted by Crippen LogP contribution is 2.36. The van der Waals surface area contributed by atoms with Gasteiger partial charge in [0.1, 0.15) is 6.04 Å². The van der Waals surface area contributed by atoms with Crippen molar-refractivity contribution in [2.45, 2.75) is 19.9 Å². The number of aliphatic imine (C=N–C) groups is 1. The summed E-state index contributed by atoms with van der Waals surface area (Å²) >= 11 is 4.87. The molecule has 0 amide bonds. The number of nitrogens with one attached hydrogen (secondary N) is 2. The lowest BCUT2D eigenvalue weighted by Gasteiger charge is -2.26. The number of allylic oxidation sites excluding steroid dienone is 1. The Kier molecular flexibility index (Phi) is 6.40. The third kappa shape index (κ3) is 4.23. The number of hydrogen-bond donors (Lipinski definition) is 3. The average molecular weight is 378 g/mol. The molecule has 4 N–H and O–H groups in total. The SMILES string of the molecule is CCOC(=O)C1=C(C)NC(NC(N)=S)=NC1c1ccc(OC)c(OC)c1. The van der Waals surface area contributed by atoms with E-state index in [0.29, 0.717) is 28.7 Å². The van der Waals surface area contributed by atoms with Gasteiger partial charge in [-0.25, -0.2) is 9.79 Å². The van der Waals surface area contributed by atoms with Gasteiger partial charge in [0.2, 0.25) is 5.96 Å². The van der Waals surface area contributed by atoms with Crippen LogP contribution in [0.25, 0.3) is 0 Å². The molecule has 9 heteroatoms. The van der Waals surface area contributed by atoms with Gasteiger partial charge < -0.3 is 30.6 Å². The minimum atomic E-state index is -0.619. The van der Waals surface area contributed by atoms with Gasteiger partial charge in [0, 0.05) is 5.70 Å². The number of hydrogen-bond acceptors (Lipinski definition) is 7. The van der Waals surface area contributed by atoms with Gasteiger partial charge in [-0.15, -0.1) is 0 Å². The number of ether oxygens (including phenoxy) is 3. The molecule has 0 spiro atoms. The second-order valence-electron chi connectivity index (χ2n) is 5.37. The lowest BCUT2D eigenvalue weighted by Crippen LogP contribution is -2.45. The summed E-state index contributed by atoms with van der Waals surface area (Å²) < 4.78 is 15.8. The Hall–Kier alpha value is -2.81. The quantitative estimate of drug-likeness (QED) is 0.521. The van der Waals surface area contributed by atoms with Crippen LogP contribution in [0, 0.1) is 0 Å². The minimum Gasteiger partial charge on any atom is -0.493 e. The van der Waals surface area contributed by atoms with Gasteiger partial charge in [-0.3, -0.25) is 0 Å². The molecule has 0 aromatic heterocycles. The van der Waals surface area contributed by atoms with Crippen LogP contribution in [0.2, 0.25) is 0 Å². The molecule has 1 heterocycles. The second kappa shape index (κ2) is 8.52. The third-order valence-corrected chi connectivity index (χ3v) is 3.80. The molecule has 0 saturated carbocycles. The highest BCUT2D eigenvalue weighted by molar-refractivity contribution is 7.80. The topological polar surface area (TPSA) is 107 Å². The van der Waals surface area contributed by atoms with E-state index in [0.717, 1.165) is 5.56 Å². The molecule has 0 radical (unpaired) electrons. The monoisotopic (exact) mass is 378 g/mol. The van der Waals surface area contributed by atoms with Crippen LogP contribution in [0.15, 0.2) is 34.5 Å². The first-order chi connectivity index (χ1) is 12.4. The summed E-state index contributed by atoms with van der Waals surface area (Å²) in [5.41, 5.74) is 7.25. The predicted molar refractivity (Wildman–Crippen MR) is 102 cm³/mol. The fourth-order valence-electron chi connectivity index (χ4n) is 2.59. The molecule has 0 saturated heterocycles. The summed E-state index contributed by atoms with van der Waals surface area (Å²) in [4.78, 5) is 17.0. The maximum absolute atomic E-state index is 12.5. The second-order valence-corrected chi connectivity index (χ2v) is 5.81. The van der Waals surface area contributed by atoms with E-state index in [4.69, 9.17) is 32.2 Å². The number of carbonyl (C=O) groups is 1. The molecular formula is C17H22N4O4S. The Balaban J connectivity index is 2.52. The zero-order valence-corrected chi connectivity index (χ0v) is 15.9. The number of nitrogens with two attached hydrogens (primary N) is 1. The van der Waals surface area contributed by atoms with Crippen LogP contribution in [0.3, 0.4) is 0 Å². The first-order valence-electron chi connectivity index (χ1n) is 7.92. The number of guanidine groups is 1. The summed E-state index contributed by atoms with van der Waals surface area (Å²) in [6.45, 7) is 3.77. The smallest absolute Gasteiger partial charge is 0.338 e. The molecule has 0 bridgehead atoms. The first kappa shape index (κ1) is 19.5. The van der Waals surface area contributed by atoms with Crippen LogP contribution in [0.1, 0.15) is 25.5 Å². The molecule has 0 aliphatic carbocycles. The van der Waals surface area contributed by atoms with Crippen molar-refractivity contribution in [2.24, 2.45) is 10.7 Å². The number of rotatable bonds is 5. The van der Waals surface area contributed by atoms with Gasteiger partial charge >= 0.3 is 5.97 Å².